The van der Waals surface area contributed by atoms with Crippen molar-refractivity contribution in [3.63, 3.8) is 0 Å². The van der Waals surface area contributed by atoms with Gasteiger partial charge in [-0.2, -0.15) is 0 Å². The molecule has 0 spiro atoms. The zero-order valence-corrected chi connectivity index (χ0v) is 20.2. The van der Waals surface area contributed by atoms with E-state index in [4.69, 9.17) is 14.5 Å². The fourth-order valence-corrected chi connectivity index (χ4v) is 3.89. The Morgan fingerprint density at radius 3 is 2.50 bits per heavy atom. The summed E-state index contributed by atoms with van der Waals surface area (Å²) in [6.45, 7) is 6.40. The van der Waals surface area contributed by atoms with Crippen molar-refractivity contribution in [3.05, 3.63) is 75.2 Å². The lowest BCUT2D eigenvalue weighted by atomic mass is 10.1. The molecule has 6 nitrogen and oxygen atoms in total. The van der Waals surface area contributed by atoms with Crippen molar-refractivity contribution in [1.82, 2.24) is 14.8 Å². The maximum atomic E-state index is 13.2. The number of carbonyl (C=O) groups excluding carboxylic acids is 1. The summed E-state index contributed by atoms with van der Waals surface area (Å²) in [5, 5.41) is 2.90. The second kappa shape index (κ2) is 11.1. The van der Waals surface area contributed by atoms with Crippen LogP contribution in [-0.4, -0.2) is 55.0 Å². The van der Waals surface area contributed by atoms with Crippen molar-refractivity contribution >= 4 is 17.2 Å². The third-order valence-corrected chi connectivity index (χ3v) is 6.17. The molecule has 0 N–H and O–H groups in total. The molecule has 0 bridgehead atoms. The second-order valence-electron chi connectivity index (χ2n) is 7.98. The van der Waals surface area contributed by atoms with Crippen LogP contribution < -0.4 is 9.47 Å². The topological polar surface area (TPSA) is 54.9 Å². The number of ether oxygens (including phenoxy) is 2. The van der Waals surface area contributed by atoms with Gasteiger partial charge in [0.2, 0.25) is 0 Å². The van der Waals surface area contributed by atoms with Gasteiger partial charge in [0.05, 0.1) is 19.3 Å². The molecule has 1 amide bonds. The molecule has 170 valence electrons. The minimum Gasteiger partial charge on any atom is -0.497 e. The van der Waals surface area contributed by atoms with Crippen LogP contribution in [0.2, 0.25) is 0 Å². The highest BCUT2D eigenvalue weighted by Crippen LogP contribution is 2.23. The van der Waals surface area contributed by atoms with Crippen molar-refractivity contribution in [2.45, 2.75) is 27.0 Å². The van der Waals surface area contributed by atoms with Gasteiger partial charge in [-0.25, -0.2) is 4.98 Å². The quantitative estimate of drug-likeness (QED) is 0.451. The van der Waals surface area contributed by atoms with E-state index in [1.165, 1.54) is 5.56 Å². The number of nitrogens with zero attached hydrogens (tertiary/aromatic N) is 3. The molecular formula is C25H31N3O3S. The molecule has 1 heterocycles. The highest BCUT2D eigenvalue weighted by Gasteiger charge is 2.18. The Labute approximate surface area is 194 Å². The Kier molecular flexibility index (Phi) is 8.25. The van der Waals surface area contributed by atoms with Crippen LogP contribution in [0.1, 0.15) is 32.2 Å². The molecule has 0 aliphatic heterocycles. The van der Waals surface area contributed by atoms with E-state index < -0.39 is 0 Å². The minimum absolute atomic E-state index is 0.0179. The number of carbonyl (C=O) groups is 1. The molecular weight excluding hydrogens is 422 g/mol. The molecule has 3 aromatic rings. The first-order chi connectivity index (χ1) is 15.4. The summed E-state index contributed by atoms with van der Waals surface area (Å²) in [4.78, 5) is 21.8. The molecule has 7 heteroatoms. The van der Waals surface area contributed by atoms with Crippen LogP contribution in [0.15, 0.2) is 47.8 Å². The third-order valence-electron chi connectivity index (χ3n) is 5.30. The zero-order valence-electron chi connectivity index (χ0n) is 19.4. The van der Waals surface area contributed by atoms with E-state index in [0.717, 1.165) is 34.3 Å². The van der Waals surface area contributed by atoms with Gasteiger partial charge in [0.1, 0.15) is 23.1 Å². The van der Waals surface area contributed by atoms with Crippen LogP contribution in [0.5, 0.6) is 11.5 Å². The molecule has 1 aromatic heterocycles. The Morgan fingerprint density at radius 1 is 1.06 bits per heavy atom. The van der Waals surface area contributed by atoms with E-state index in [2.05, 4.69) is 24.8 Å². The van der Waals surface area contributed by atoms with Gasteiger partial charge >= 0.3 is 0 Å². The summed E-state index contributed by atoms with van der Waals surface area (Å²) in [5.74, 6) is 1.59. The van der Waals surface area contributed by atoms with Crippen LogP contribution >= 0.6 is 11.3 Å². The van der Waals surface area contributed by atoms with Gasteiger partial charge in [-0.1, -0.05) is 12.1 Å². The molecule has 2 aromatic carbocycles. The van der Waals surface area contributed by atoms with Gasteiger partial charge in [0.25, 0.3) is 5.91 Å². The van der Waals surface area contributed by atoms with Gasteiger partial charge in [0, 0.05) is 24.0 Å². The molecule has 3 rings (SSSR count). The van der Waals surface area contributed by atoms with Crippen molar-refractivity contribution in [3.8, 4) is 11.5 Å². The van der Waals surface area contributed by atoms with Crippen LogP contribution in [0.3, 0.4) is 0 Å². The Hall–Kier alpha value is -2.90. The van der Waals surface area contributed by atoms with Crippen molar-refractivity contribution in [2.75, 3.05) is 34.3 Å². The number of likely N-dealkylation sites (N-methyl/N-ethyl adjacent to an activating group) is 1. The second-order valence-corrected chi connectivity index (χ2v) is 8.92. The van der Waals surface area contributed by atoms with Crippen LogP contribution in [0, 0.1) is 13.8 Å². The van der Waals surface area contributed by atoms with Crippen molar-refractivity contribution in [2.24, 2.45) is 0 Å². The molecule has 0 aliphatic carbocycles. The summed E-state index contributed by atoms with van der Waals surface area (Å²) in [6, 6.07) is 13.3. The monoisotopic (exact) mass is 453 g/mol. The summed E-state index contributed by atoms with van der Waals surface area (Å²) in [5.41, 5.74) is 3.86. The number of benzene rings is 2. The maximum Gasteiger partial charge on any atom is 0.254 e. The minimum atomic E-state index is -0.0179. The zero-order chi connectivity index (χ0) is 23.1. The first-order valence-electron chi connectivity index (χ1n) is 10.6. The standard InChI is InChI=1S/C25H31N3O3S/c1-18-7-6-8-23(19(18)2)31-16-24-26-21(17-32-24)15-28(14-13-27(3)4)25(29)20-9-11-22(30-5)12-10-20/h6-12,17H,13-16H2,1-5H3. The van der Waals surface area contributed by atoms with E-state index in [1.807, 2.05) is 48.6 Å². The fourth-order valence-electron chi connectivity index (χ4n) is 3.19. The fraction of sp³-hybridized carbons (Fsp3) is 0.360. The lowest BCUT2D eigenvalue weighted by molar-refractivity contribution is 0.0730. The van der Waals surface area contributed by atoms with Crippen molar-refractivity contribution < 1.29 is 14.3 Å². The number of rotatable bonds is 10. The van der Waals surface area contributed by atoms with Crippen LogP contribution in [-0.2, 0) is 13.2 Å². The Morgan fingerprint density at radius 2 is 1.81 bits per heavy atom. The van der Waals surface area contributed by atoms with Gasteiger partial charge in [-0.15, -0.1) is 11.3 Å². The Balaban J connectivity index is 1.68. The summed E-state index contributed by atoms with van der Waals surface area (Å²) >= 11 is 1.56. The average Bonchev–Trinajstić information content (AvgIpc) is 3.24. The number of hydrogen-bond acceptors (Lipinski definition) is 6. The lowest BCUT2D eigenvalue weighted by Crippen LogP contribution is -2.36. The van der Waals surface area contributed by atoms with E-state index in [1.54, 1.807) is 30.6 Å². The third kappa shape index (κ3) is 6.31. The number of amides is 1. The lowest BCUT2D eigenvalue weighted by Gasteiger charge is -2.24. The van der Waals surface area contributed by atoms with E-state index in [0.29, 0.717) is 25.3 Å². The predicted octanol–water partition coefficient (Wildman–Crippen LogP) is 4.55. The number of methoxy groups -OCH3 is 1. The molecule has 32 heavy (non-hydrogen) atoms. The van der Waals surface area contributed by atoms with Gasteiger partial charge in [0.15, 0.2) is 0 Å². The number of thiazole rings is 1. The molecule has 0 saturated heterocycles. The predicted molar refractivity (Wildman–Crippen MR) is 129 cm³/mol. The highest BCUT2D eigenvalue weighted by molar-refractivity contribution is 7.09. The highest BCUT2D eigenvalue weighted by atomic mass is 32.1. The van der Waals surface area contributed by atoms with Crippen LogP contribution in [0.25, 0.3) is 0 Å². The molecule has 0 saturated carbocycles. The number of aryl methyl sites for hydroxylation is 1. The van der Waals surface area contributed by atoms with E-state index in [9.17, 15) is 4.79 Å². The normalized spacial score (nSPS) is 10.9. The van der Waals surface area contributed by atoms with Gasteiger partial charge < -0.3 is 19.3 Å². The number of aromatic nitrogens is 1. The van der Waals surface area contributed by atoms with E-state index in [-0.39, 0.29) is 5.91 Å². The largest absolute Gasteiger partial charge is 0.497 e. The molecule has 0 atom stereocenters. The first-order valence-corrected chi connectivity index (χ1v) is 11.5. The van der Waals surface area contributed by atoms with Gasteiger partial charge in [-0.3, -0.25) is 4.79 Å². The summed E-state index contributed by atoms with van der Waals surface area (Å²) < 4.78 is 11.2. The van der Waals surface area contributed by atoms with E-state index >= 15 is 0 Å². The maximum absolute atomic E-state index is 13.2. The summed E-state index contributed by atoms with van der Waals surface area (Å²) in [6.07, 6.45) is 0. The number of hydrogen-bond donors (Lipinski definition) is 0. The average molecular weight is 454 g/mol. The van der Waals surface area contributed by atoms with Crippen molar-refractivity contribution in [1.29, 1.82) is 0 Å². The molecule has 0 unspecified atom stereocenters. The SMILES string of the molecule is COc1ccc(C(=O)N(CCN(C)C)Cc2csc(COc3cccc(C)c3C)n2)cc1. The molecule has 0 radical (unpaired) electrons. The Bertz CT molecular complexity index is 1030. The first kappa shape index (κ1) is 23.8. The summed E-state index contributed by atoms with van der Waals surface area (Å²) in [7, 11) is 5.62. The molecule has 0 fully saturated rings. The smallest absolute Gasteiger partial charge is 0.254 e. The van der Waals surface area contributed by atoms with Gasteiger partial charge in [-0.05, 0) is 69.4 Å². The van der Waals surface area contributed by atoms with Crippen LogP contribution in [0.4, 0.5) is 0 Å². The molecule has 0 aliphatic rings.